The van der Waals surface area contributed by atoms with Crippen LogP contribution in [0.3, 0.4) is 0 Å². The first-order chi connectivity index (χ1) is 11.2. The summed E-state index contributed by atoms with van der Waals surface area (Å²) in [6, 6.07) is 8.06. The Bertz CT molecular complexity index is 867. The number of anilines is 1. The molecule has 0 aliphatic rings. The van der Waals surface area contributed by atoms with Gasteiger partial charge in [-0.2, -0.15) is 0 Å². The number of hydrogen-bond acceptors (Lipinski definition) is 6. The summed E-state index contributed by atoms with van der Waals surface area (Å²) in [5, 5.41) is 20.5. The first kappa shape index (κ1) is 18.1. The second-order valence-corrected chi connectivity index (χ2v) is 7.23. The number of carbonyl (C=O) groups is 1. The molecule has 2 aromatic rings. The van der Waals surface area contributed by atoms with E-state index >= 15 is 0 Å². The van der Waals surface area contributed by atoms with Crippen molar-refractivity contribution < 1.29 is 23.5 Å². The first-order valence-corrected chi connectivity index (χ1v) is 8.47. The van der Waals surface area contributed by atoms with E-state index in [9.17, 15) is 18.4 Å². The molecule has 0 bridgehead atoms. The smallest absolute Gasteiger partial charge is 0.265 e. The molecule has 8 nitrogen and oxygen atoms in total. The molecule has 1 atom stereocenters. The van der Waals surface area contributed by atoms with Gasteiger partial charge in [-0.3, -0.25) is 10.0 Å². The molecule has 24 heavy (non-hydrogen) atoms. The Morgan fingerprint density at radius 3 is 2.46 bits per heavy atom. The molecule has 0 aliphatic heterocycles. The quantitative estimate of drug-likeness (QED) is 0.634. The fraction of sp³-hybridized carbons (Fsp3) is 0.267. The second kappa shape index (κ2) is 6.73. The van der Waals surface area contributed by atoms with Crippen LogP contribution in [0.5, 0.6) is 0 Å². The van der Waals surface area contributed by atoms with E-state index in [-0.39, 0.29) is 9.36 Å². The predicted molar refractivity (Wildman–Crippen MR) is 89.2 cm³/mol. The summed E-state index contributed by atoms with van der Waals surface area (Å²) in [7, 11) is -0.775. The number of hydrogen-bond donors (Lipinski definition) is 3. The van der Waals surface area contributed by atoms with Gasteiger partial charge in [-0.1, -0.05) is 22.7 Å². The van der Waals surface area contributed by atoms with E-state index in [1.54, 1.807) is 6.07 Å². The summed E-state index contributed by atoms with van der Waals surface area (Å²) in [6.07, 6.45) is 0. The van der Waals surface area contributed by atoms with E-state index in [0.717, 1.165) is 11.1 Å². The van der Waals surface area contributed by atoms with Crippen LogP contribution in [0.15, 0.2) is 41.3 Å². The van der Waals surface area contributed by atoms with E-state index in [1.165, 1.54) is 12.1 Å². The molecule has 0 radical (unpaired) electrons. The van der Waals surface area contributed by atoms with Crippen molar-refractivity contribution in [2.45, 2.75) is 10.9 Å². The Labute approximate surface area is 139 Å². The van der Waals surface area contributed by atoms with Gasteiger partial charge in [0.2, 0.25) is 5.91 Å². The topological polar surface area (TPSA) is 124 Å². The number of sulfonamides is 1. The highest BCUT2D eigenvalue weighted by Crippen LogP contribution is 2.29. The van der Waals surface area contributed by atoms with Crippen molar-refractivity contribution in [1.29, 1.82) is 0 Å². The summed E-state index contributed by atoms with van der Waals surface area (Å²) in [5.41, 5.74) is 5.80. The van der Waals surface area contributed by atoms with Crippen molar-refractivity contribution in [1.82, 2.24) is 4.47 Å². The van der Waals surface area contributed by atoms with Crippen LogP contribution in [-0.2, 0) is 14.8 Å². The molecule has 0 spiro atoms. The predicted octanol–water partition coefficient (Wildman–Crippen LogP) is 0.132. The van der Waals surface area contributed by atoms with Crippen LogP contribution in [0.4, 0.5) is 5.69 Å². The molecule has 0 saturated heterocycles. The van der Waals surface area contributed by atoms with E-state index < -0.39 is 28.6 Å². The Hall–Kier alpha value is -2.20. The molecule has 1 amide bonds. The van der Waals surface area contributed by atoms with Gasteiger partial charge in [-0.15, -0.1) is 0 Å². The van der Waals surface area contributed by atoms with Gasteiger partial charge in [-0.25, -0.2) is 8.42 Å². The van der Waals surface area contributed by atoms with Gasteiger partial charge < -0.3 is 15.7 Å². The van der Waals surface area contributed by atoms with Crippen LogP contribution in [0.2, 0.25) is 0 Å². The van der Waals surface area contributed by atoms with Crippen LogP contribution >= 0.6 is 0 Å². The molecule has 130 valence electrons. The monoisotopic (exact) mass is 353 g/mol. The zero-order chi connectivity index (χ0) is 18.1. The number of fused-ring (bicyclic) bond motifs is 1. The highest BCUT2D eigenvalue weighted by atomic mass is 32.2. The number of nitrogens with two attached hydrogens (primary N) is 1. The van der Waals surface area contributed by atoms with Gasteiger partial charge in [0.25, 0.3) is 10.0 Å². The maximum absolute atomic E-state index is 12.5. The largest absolute Gasteiger partial charge is 0.394 e. The minimum absolute atomic E-state index is 0.200. The van der Waals surface area contributed by atoms with Crippen LogP contribution in [0, 0.1) is 0 Å². The number of primary amides is 1. The van der Waals surface area contributed by atoms with Crippen molar-refractivity contribution in [2.75, 3.05) is 25.6 Å². The molecule has 2 aromatic carbocycles. The summed E-state index contributed by atoms with van der Waals surface area (Å²) in [5.74, 6) is -1.15. The van der Waals surface area contributed by atoms with Gasteiger partial charge in [0.05, 0.1) is 11.5 Å². The van der Waals surface area contributed by atoms with Crippen LogP contribution in [0.25, 0.3) is 10.8 Å². The minimum atomic E-state index is -4.42. The van der Waals surface area contributed by atoms with Crippen molar-refractivity contribution in [3.8, 4) is 0 Å². The lowest BCUT2D eigenvalue weighted by Gasteiger charge is -2.22. The average molecular weight is 353 g/mol. The molecule has 0 aliphatic carbocycles. The average Bonchev–Trinajstić information content (AvgIpc) is 2.53. The van der Waals surface area contributed by atoms with Crippen LogP contribution < -0.4 is 10.6 Å². The number of aliphatic hydroxyl groups is 1. The molecular weight excluding hydrogens is 334 g/mol. The lowest BCUT2D eigenvalue weighted by atomic mass is 10.1. The number of aliphatic hydroxyl groups excluding tert-OH is 1. The van der Waals surface area contributed by atoms with Crippen molar-refractivity contribution in [3.63, 3.8) is 0 Å². The minimum Gasteiger partial charge on any atom is -0.394 e. The molecule has 9 heteroatoms. The molecule has 4 N–H and O–H groups in total. The zero-order valence-electron chi connectivity index (χ0n) is 13.2. The highest BCUT2D eigenvalue weighted by molar-refractivity contribution is 7.89. The maximum atomic E-state index is 12.5. The number of amides is 1. The molecule has 0 fully saturated rings. The summed E-state index contributed by atoms with van der Waals surface area (Å²) in [6.45, 7) is -0.929. The fourth-order valence-electron chi connectivity index (χ4n) is 2.33. The van der Waals surface area contributed by atoms with E-state index in [2.05, 4.69) is 0 Å². The molecular formula is C15H19N3O5S. The highest BCUT2D eigenvalue weighted by Gasteiger charge is 2.33. The molecule has 0 unspecified atom stereocenters. The third-order valence-electron chi connectivity index (χ3n) is 3.62. The second-order valence-electron chi connectivity index (χ2n) is 5.43. The van der Waals surface area contributed by atoms with E-state index in [0.29, 0.717) is 5.39 Å². The third-order valence-corrected chi connectivity index (χ3v) is 5.22. The number of nitrogens with zero attached hydrogens (tertiary/aromatic N) is 2. The SMILES string of the molecule is CN(C)c1cccc2ccc(S(=O)(=O)N(O)[C@@H](CO)C(N)=O)cc12. The molecule has 0 saturated carbocycles. The lowest BCUT2D eigenvalue weighted by Crippen LogP contribution is -2.48. The normalized spacial score (nSPS) is 13.2. The Kier molecular flexibility index (Phi) is 5.09. The number of carbonyl (C=O) groups excluding carboxylic acids is 1. The maximum Gasteiger partial charge on any atom is 0.265 e. The number of hydroxylamine groups is 1. The number of benzene rings is 2. The van der Waals surface area contributed by atoms with Gasteiger partial charge in [-0.05, 0) is 23.6 Å². The van der Waals surface area contributed by atoms with E-state index in [1.807, 2.05) is 37.2 Å². The standard InChI is InChI=1S/C15H19N3O5S/c1-17(2)13-5-3-4-10-6-7-11(8-12(10)13)24(22,23)18(21)14(9-19)15(16)20/h3-8,14,19,21H,9H2,1-2H3,(H2,16,20)/t14-/m0/s1. The van der Waals surface area contributed by atoms with Crippen LogP contribution in [-0.4, -0.2) is 55.9 Å². The Morgan fingerprint density at radius 2 is 1.92 bits per heavy atom. The summed E-state index contributed by atoms with van der Waals surface area (Å²) < 4.78 is 24.8. The molecule has 2 rings (SSSR count). The Morgan fingerprint density at radius 1 is 1.25 bits per heavy atom. The fourth-order valence-corrected chi connectivity index (χ4v) is 3.56. The van der Waals surface area contributed by atoms with Gasteiger partial charge in [0.1, 0.15) is 0 Å². The Balaban J connectivity index is 2.59. The molecule has 0 aromatic heterocycles. The van der Waals surface area contributed by atoms with Crippen LogP contribution in [0.1, 0.15) is 0 Å². The summed E-state index contributed by atoms with van der Waals surface area (Å²) in [4.78, 5) is 12.8. The van der Waals surface area contributed by atoms with Gasteiger partial charge >= 0.3 is 0 Å². The van der Waals surface area contributed by atoms with Crippen molar-refractivity contribution in [3.05, 3.63) is 36.4 Å². The van der Waals surface area contributed by atoms with E-state index in [4.69, 9.17) is 10.8 Å². The van der Waals surface area contributed by atoms with Crippen molar-refractivity contribution in [2.24, 2.45) is 5.73 Å². The van der Waals surface area contributed by atoms with Crippen molar-refractivity contribution >= 4 is 32.4 Å². The summed E-state index contributed by atoms with van der Waals surface area (Å²) >= 11 is 0. The van der Waals surface area contributed by atoms with Gasteiger partial charge in [0.15, 0.2) is 6.04 Å². The first-order valence-electron chi connectivity index (χ1n) is 7.03. The zero-order valence-corrected chi connectivity index (χ0v) is 14.1. The molecule has 0 heterocycles. The number of rotatable bonds is 6. The van der Waals surface area contributed by atoms with Gasteiger partial charge in [0, 0.05) is 25.2 Å². The third kappa shape index (κ3) is 3.20. The lowest BCUT2D eigenvalue weighted by molar-refractivity contribution is -0.133.